The molecule has 0 atom stereocenters. The number of methoxy groups -OCH3 is 1. The van der Waals surface area contributed by atoms with Crippen molar-refractivity contribution < 1.29 is 4.74 Å². The molecule has 0 amide bonds. The first-order chi connectivity index (χ1) is 12.2. The van der Waals surface area contributed by atoms with Crippen molar-refractivity contribution in [1.29, 1.82) is 0 Å². The van der Waals surface area contributed by atoms with Gasteiger partial charge in [0.25, 0.3) is 0 Å². The number of ether oxygens (including phenoxy) is 1. The molecule has 2 N–H and O–H groups in total. The Morgan fingerprint density at radius 3 is 2.88 bits per heavy atom. The summed E-state index contributed by atoms with van der Waals surface area (Å²) in [6, 6.07) is 3.99. The van der Waals surface area contributed by atoms with Crippen molar-refractivity contribution >= 4 is 33.0 Å². The van der Waals surface area contributed by atoms with E-state index < -0.39 is 0 Å². The molecular weight excluding hydrogens is 316 g/mol. The van der Waals surface area contributed by atoms with Crippen LogP contribution in [0.25, 0.3) is 44.2 Å². The molecule has 0 aromatic carbocycles. The lowest BCUT2D eigenvalue weighted by Gasteiger charge is -2.02. The summed E-state index contributed by atoms with van der Waals surface area (Å²) in [5.74, 6) is 0.597. The minimum absolute atomic E-state index is 0.597. The Kier molecular flexibility index (Phi) is 2.71. The molecule has 0 saturated carbocycles. The number of aromatic nitrogens is 6. The number of hydrogen-bond acceptors (Lipinski definition) is 4. The minimum Gasteiger partial charge on any atom is -0.481 e. The van der Waals surface area contributed by atoms with E-state index in [1.807, 2.05) is 43.3 Å². The third-order valence-electron chi connectivity index (χ3n) is 4.65. The normalized spacial score (nSPS) is 11.8. The monoisotopic (exact) mass is 332 g/mol. The first kappa shape index (κ1) is 14.0. The summed E-state index contributed by atoms with van der Waals surface area (Å²) in [7, 11) is 3.61. The van der Waals surface area contributed by atoms with Crippen molar-refractivity contribution in [3.63, 3.8) is 0 Å². The molecule has 7 nitrogen and oxygen atoms in total. The summed E-state index contributed by atoms with van der Waals surface area (Å²) in [6.45, 7) is 2.03. The second-order valence-corrected chi connectivity index (χ2v) is 6.18. The molecule has 5 aromatic heterocycles. The molecule has 0 unspecified atom stereocenters. The first-order valence-corrected chi connectivity index (χ1v) is 7.98. The number of H-pyrrole nitrogens is 2. The van der Waals surface area contributed by atoms with Gasteiger partial charge >= 0.3 is 0 Å². The predicted molar refractivity (Wildman–Crippen MR) is 96.7 cm³/mol. The highest BCUT2D eigenvalue weighted by molar-refractivity contribution is 6.05. The van der Waals surface area contributed by atoms with E-state index in [0.29, 0.717) is 5.88 Å². The molecule has 7 heteroatoms. The van der Waals surface area contributed by atoms with Crippen molar-refractivity contribution in [2.45, 2.75) is 6.92 Å². The van der Waals surface area contributed by atoms with Crippen LogP contribution in [-0.2, 0) is 7.05 Å². The van der Waals surface area contributed by atoms with Gasteiger partial charge in [-0.3, -0.25) is 4.68 Å². The van der Waals surface area contributed by atoms with Crippen molar-refractivity contribution in [3.05, 3.63) is 36.3 Å². The van der Waals surface area contributed by atoms with Crippen LogP contribution in [0, 0.1) is 6.92 Å². The third-order valence-corrected chi connectivity index (χ3v) is 4.65. The molecule has 0 spiro atoms. The number of nitrogens with zero attached hydrogens (tertiary/aromatic N) is 4. The fourth-order valence-electron chi connectivity index (χ4n) is 3.41. The maximum absolute atomic E-state index is 5.32. The van der Waals surface area contributed by atoms with Crippen LogP contribution in [0.1, 0.15) is 5.56 Å². The fourth-order valence-corrected chi connectivity index (χ4v) is 3.41. The molecule has 5 heterocycles. The van der Waals surface area contributed by atoms with E-state index in [1.54, 1.807) is 7.11 Å². The third kappa shape index (κ3) is 1.89. The van der Waals surface area contributed by atoms with Gasteiger partial charge in [-0.2, -0.15) is 0 Å². The Hall–Kier alpha value is -3.35. The molecule has 0 bridgehead atoms. The number of hydrogen-bond donors (Lipinski definition) is 2. The summed E-state index contributed by atoms with van der Waals surface area (Å²) in [5.41, 5.74) is 6.55. The zero-order chi connectivity index (χ0) is 17.1. The Labute approximate surface area is 142 Å². The SMILES string of the molecule is COc1cc(C)c2[nH]cc(-c3cc4c(ncc5c[nH]n(C)c54)n3)c2n1. The van der Waals surface area contributed by atoms with E-state index in [2.05, 4.69) is 26.1 Å². The number of fused-ring (bicyclic) bond motifs is 4. The summed E-state index contributed by atoms with van der Waals surface area (Å²) in [5, 5.41) is 5.26. The van der Waals surface area contributed by atoms with E-state index in [-0.39, 0.29) is 0 Å². The maximum Gasteiger partial charge on any atom is 0.213 e. The molecule has 0 aliphatic rings. The smallest absolute Gasteiger partial charge is 0.213 e. The summed E-state index contributed by atoms with van der Waals surface area (Å²) < 4.78 is 7.30. The number of pyridine rings is 2. The maximum atomic E-state index is 5.32. The molecule has 0 saturated heterocycles. The summed E-state index contributed by atoms with van der Waals surface area (Å²) >= 11 is 0. The molecule has 0 fully saturated rings. The lowest BCUT2D eigenvalue weighted by molar-refractivity contribution is 0.399. The zero-order valence-electron chi connectivity index (χ0n) is 14.1. The van der Waals surface area contributed by atoms with Gasteiger partial charge in [0.05, 0.1) is 23.8 Å². The van der Waals surface area contributed by atoms with E-state index >= 15 is 0 Å². The van der Waals surface area contributed by atoms with Crippen molar-refractivity contribution in [2.75, 3.05) is 7.11 Å². The topological polar surface area (TPSA) is 84.4 Å². The van der Waals surface area contributed by atoms with Crippen molar-refractivity contribution in [2.24, 2.45) is 7.05 Å². The molecular formula is C18H16N6O. The highest BCUT2D eigenvalue weighted by atomic mass is 16.5. The van der Waals surface area contributed by atoms with Crippen molar-refractivity contribution in [3.8, 4) is 17.1 Å². The van der Waals surface area contributed by atoms with Gasteiger partial charge in [0.2, 0.25) is 5.88 Å². The number of aryl methyl sites for hydroxylation is 2. The van der Waals surface area contributed by atoms with Crippen LogP contribution >= 0.6 is 0 Å². The Morgan fingerprint density at radius 1 is 1.16 bits per heavy atom. The lowest BCUT2D eigenvalue weighted by Crippen LogP contribution is -1.90. The highest BCUT2D eigenvalue weighted by Gasteiger charge is 2.16. The van der Waals surface area contributed by atoms with E-state index in [4.69, 9.17) is 9.72 Å². The van der Waals surface area contributed by atoms with Crippen LogP contribution in [0.5, 0.6) is 5.88 Å². The van der Waals surface area contributed by atoms with E-state index in [0.717, 1.165) is 49.8 Å². The van der Waals surface area contributed by atoms with Gasteiger partial charge in [-0.1, -0.05) is 0 Å². The molecule has 5 aromatic rings. The van der Waals surface area contributed by atoms with Crippen LogP contribution in [0.15, 0.2) is 30.7 Å². The minimum atomic E-state index is 0.597. The quantitative estimate of drug-likeness (QED) is 0.519. The first-order valence-electron chi connectivity index (χ1n) is 7.98. The Morgan fingerprint density at radius 2 is 2.04 bits per heavy atom. The van der Waals surface area contributed by atoms with Crippen molar-refractivity contribution in [1.82, 2.24) is 29.7 Å². The van der Waals surface area contributed by atoms with Gasteiger partial charge < -0.3 is 14.8 Å². The Bertz CT molecular complexity index is 1260. The van der Waals surface area contributed by atoms with Gasteiger partial charge in [-0.15, -0.1) is 0 Å². The molecule has 5 rings (SSSR count). The number of rotatable bonds is 2. The standard InChI is InChI=1S/C18H16N6O/c1-9-4-14(25-3)23-16-12(8-19-15(9)16)13-5-11-17-10(7-21-24(17)2)6-20-18(11)22-13/h4-8,19,21H,1-3H3. The van der Waals surface area contributed by atoms with E-state index in [9.17, 15) is 0 Å². The zero-order valence-corrected chi connectivity index (χ0v) is 14.1. The highest BCUT2D eigenvalue weighted by Crippen LogP contribution is 2.33. The van der Waals surface area contributed by atoms with Gasteiger partial charge in [0.1, 0.15) is 5.52 Å². The second kappa shape index (κ2) is 4.83. The van der Waals surface area contributed by atoms with E-state index in [1.165, 1.54) is 0 Å². The fraction of sp³-hybridized carbons (Fsp3) is 0.167. The lowest BCUT2D eigenvalue weighted by atomic mass is 10.1. The molecule has 0 radical (unpaired) electrons. The van der Waals surface area contributed by atoms with Gasteiger partial charge in [-0.05, 0) is 18.6 Å². The van der Waals surface area contributed by atoms with Crippen LogP contribution in [-0.4, -0.2) is 36.8 Å². The average molecular weight is 332 g/mol. The van der Waals surface area contributed by atoms with Crippen LogP contribution < -0.4 is 4.74 Å². The second-order valence-electron chi connectivity index (χ2n) is 6.18. The van der Waals surface area contributed by atoms with Crippen LogP contribution in [0.4, 0.5) is 0 Å². The summed E-state index contributed by atoms with van der Waals surface area (Å²) in [6.07, 6.45) is 5.72. The molecule has 124 valence electrons. The van der Waals surface area contributed by atoms with Gasteiger partial charge in [0, 0.05) is 48.0 Å². The Balaban J connectivity index is 1.81. The molecule has 0 aliphatic heterocycles. The largest absolute Gasteiger partial charge is 0.481 e. The van der Waals surface area contributed by atoms with Gasteiger partial charge in [-0.25, -0.2) is 15.0 Å². The average Bonchev–Trinajstić information content (AvgIpc) is 3.30. The van der Waals surface area contributed by atoms with Crippen LogP contribution in [0.3, 0.4) is 0 Å². The molecule has 25 heavy (non-hydrogen) atoms. The van der Waals surface area contributed by atoms with Gasteiger partial charge in [0.15, 0.2) is 5.65 Å². The molecule has 0 aliphatic carbocycles. The van der Waals surface area contributed by atoms with Crippen LogP contribution in [0.2, 0.25) is 0 Å². The number of nitrogens with one attached hydrogen (secondary N) is 2. The number of aromatic amines is 2. The summed E-state index contributed by atoms with van der Waals surface area (Å²) in [4.78, 5) is 17.1. The predicted octanol–water partition coefficient (Wildman–Crippen LogP) is 3.31.